The van der Waals surface area contributed by atoms with Gasteiger partial charge in [-0.2, -0.15) is 5.10 Å². The summed E-state index contributed by atoms with van der Waals surface area (Å²) >= 11 is 3.43. The number of nitrogens with two attached hydrogens (primary N) is 1. The van der Waals surface area contributed by atoms with Crippen molar-refractivity contribution in [2.75, 3.05) is 6.54 Å². The van der Waals surface area contributed by atoms with Gasteiger partial charge in [0, 0.05) is 23.9 Å². The summed E-state index contributed by atoms with van der Waals surface area (Å²) in [6.45, 7) is 0.606. The zero-order valence-corrected chi connectivity index (χ0v) is 11.3. The van der Waals surface area contributed by atoms with Crippen molar-refractivity contribution in [1.29, 1.82) is 0 Å². The van der Waals surface area contributed by atoms with Crippen molar-refractivity contribution in [2.45, 2.75) is 12.3 Å². The molecule has 1 heterocycles. The molecule has 0 saturated heterocycles. The van der Waals surface area contributed by atoms with Gasteiger partial charge in [-0.15, -0.1) is 0 Å². The molecule has 1 atom stereocenters. The van der Waals surface area contributed by atoms with E-state index in [-0.39, 0.29) is 5.92 Å². The summed E-state index contributed by atoms with van der Waals surface area (Å²) in [5.74, 6) is 1.24. The molecule has 0 aliphatic heterocycles. The van der Waals surface area contributed by atoms with Gasteiger partial charge in [-0.1, -0.05) is 28.1 Å². The maximum Gasteiger partial charge on any atom is 0.138 e. The third kappa shape index (κ3) is 2.92. The molecule has 0 fully saturated rings. The van der Waals surface area contributed by atoms with E-state index in [0.717, 1.165) is 16.7 Å². The Kier molecular flexibility index (Phi) is 3.91. The van der Waals surface area contributed by atoms with Crippen molar-refractivity contribution < 1.29 is 0 Å². The van der Waals surface area contributed by atoms with Crippen molar-refractivity contribution in [3.8, 4) is 0 Å². The zero-order chi connectivity index (χ0) is 12.3. The second-order valence-corrected chi connectivity index (χ2v) is 4.90. The fourth-order valence-electron chi connectivity index (χ4n) is 1.80. The van der Waals surface area contributed by atoms with Crippen LogP contribution in [0.2, 0.25) is 0 Å². The van der Waals surface area contributed by atoms with Crippen LogP contribution < -0.4 is 5.73 Å². The number of hydrogen-bond donors (Lipinski definition) is 1. The number of benzene rings is 1. The van der Waals surface area contributed by atoms with E-state index in [0.29, 0.717) is 6.54 Å². The molecule has 0 bridgehead atoms. The van der Waals surface area contributed by atoms with Gasteiger partial charge in [0.25, 0.3) is 0 Å². The van der Waals surface area contributed by atoms with E-state index in [1.807, 2.05) is 19.2 Å². The third-order valence-corrected chi connectivity index (χ3v) is 3.39. The van der Waals surface area contributed by atoms with E-state index < -0.39 is 0 Å². The highest BCUT2D eigenvalue weighted by molar-refractivity contribution is 9.10. The second-order valence-electron chi connectivity index (χ2n) is 3.99. The SMILES string of the molecule is Cn1ncnc1CC(CN)c1ccc(Br)cc1. The highest BCUT2D eigenvalue weighted by Gasteiger charge is 2.13. The van der Waals surface area contributed by atoms with E-state index in [9.17, 15) is 0 Å². The predicted octanol–water partition coefficient (Wildman–Crippen LogP) is 1.86. The van der Waals surface area contributed by atoms with Crippen LogP contribution in [0.25, 0.3) is 0 Å². The van der Waals surface area contributed by atoms with E-state index in [1.54, 1.807) is 11.0 Å². The molecule has 90 valence electrons. The van der Waals surface area contributed by atoms with Gasteiger partial charge in [0.2, 0.25) is 0 Å². The first-order valence-corrected chi connectivity index (χ1v) is 6.28. The molecule has 5 heteroatoms. The predicted molar refractivity (Wildman–Crippen MR) is 70.6 cm³/mol. The van der Waals surface area contributed by atoms with Gasteiger partial charge in [-0.05, 0) is 24.2 Å². The molecule has 2 aromatic rings. The second kappa shape index (κ2) is 5.42. The molecule has 1 aromatic carbocycles. The summed E-state index contributed by atoms with van der Waals surface area (Å²) in [5.41, 5.74) is 7.08. The molecule has 1 unspecified atom stereocenters. The van der Waals surface area contributed by atoms with Crippen LogP contribution in [0.5, 0.6) is 0 Å². The van der Waals surface area contributed by atoms with Crippen molar-refractivity contribution in [3.63, 3.8) is 0 Å². The quantitative estimate of drug-likeness (QED) is 0.936. The van der Waals surface area contributed by atoms with Gasteiger partial charge in [-0.25, -0.2) is 4.98 Å². The average molecular weight is 295 g/mol. The molecule has 0 saturated carbocycles. The van der Waals surface area contributed by atoms with Crippen LogP contribution in [-0.2, 0) is 13.5 Å². The van der Waals surface area contributed by atoms with Gasteiger partial charge < -0.3 is 5.73 Å². The van der Waals surface area contributed by atoms with E-state index >= 15 is 0 Å². The van der Waals surface area contributed by atoms with Crippen LogP contribution in [0, 0.1) is 0 Å². The molecule has 2 N–H and O–H groups in total. The Morgan fingerprint density at radius 2 is 2.06 bits per heavy atom. The lowest BCUT2D eigenvalue weighted by Gasteiger charge is -2.14. The first-order chi connectivity index (χ1) is 8.20. The highest BCUT2D eigenvalue weighted by atomic mass is 79.9. The van der Waals surface area contributed by atoms with Gasteiger partial charge >= 0.3 is 0 Å². The van der Waals surface area contributed by atoms with Crippen molar-refractivity contribution in [3.05, 3.63) is 46.5 Å². The number of hydrogen-bond acceptors (Lipinski definition) is 3. The lowest BCUT2D eigenvalue weighted by molar-refractivity contribution is 0.619. The van der Waals surface area contributed by atoms with Crippen LogP contribution in [0.3, 0.4) is 0 Å². The molecule has 2 rings (SSSR count). The minimum atomic E-state index is 0.283. The molecule has 4 nitrogen and oxygen atoms in total. The van der Waals surface area contributed by atoms with Gasteiger partial charge in [0.05, 0.1) is 0 Å². The maximum absolute atomic E-state index is 5.84. The highest BCUT2D eigenvalue weighted by Crippen LogP contribution is 2.21. The van der Waals surface area contributed by atoms with Gasteiger partial charge in [0.15, 0.2) is 0 Å². The molecule has 0 aliphatic rings. The molecule has 0 aliphatic carbocycles. The maximum atomic E-state index is 5.84. The fraction of sp³-hybridized carbons (Fsp3) is 0.333. The Hall–Kier alpha value is -1.20. The Labute approximate surface area is 109 Å². The molecule has 0 spiro atoms. The van der Waals surface area contributed by atoms with Gasteiger partial charge in [-0.3, -0.25) is 4.68 Å². The largest absolute Gasteiger partial charge is 0.330 e. The summed E-state index contributed by atoms with van der Waals surface area (Å²) < 4.78 is 2.87. The summed E-state index contributed by atoms with van der Waals surface area (Å²) in [6.07, 6.45) is 2.39. The number of aryl methyl sites for hydroxylation is 1. The zero-order valence-electron chi connectivity index (χ0n) is 9.68. The standard InChI is InChI=1S/C12H15BrN4/c1-17-12(15-8-16-17)6-10(7-14)9-2-4-11(13)5-3-9/h2-5,8,10H,6-7,14H2,1H3. The Morgan fingerprint density at radius 3 is 2.59 bits per heavy atom. The van der Waals surface area contributed by atoms with Crippen molar-refractivity contribution in [1.82, 2.24) is 14.8 Å². The monoisotopic (exact) mass is 294 g/mol. The Bertz CT molecular complexity index is 478. The minimum absolute atomic E-state index is 0.283. The molecule has 17 heavy (non-hydrogen) atoms. The number of nitrogens with zero attached hydrogens (tertiary/aromatic N) is 3. The van der Waals surface area contributed by atoms with E-state index in [4.69, 9.17) is 5.73 Å². The minimum Gasteiger partial charge on any atom is -0.330 e. The lowest BCUT2D eigenvalue weighted by Crippen LogP contribution is -2.17. The van der Waals surface area contributed by atoms with Crippen LogP contribution in [-0.4, -0.2) is 21.3 Å². The van der Waals surface area contributed by atoms with Crippen LogP contribution in [0.4, 0.5) is 0 Å². The average Bonchev–Trinajstić information content (AvgIpc) is 2.73. The molecular weight excluding hydrogens is 280 g/mol. The van der Waals surface area contributed by atoms with E-state index in [1.165, 1.54) is 5.56 Å². The molecule has 0 amide bonds. The summed E-state index contributed by atoms with van der Waals surface area (Å²) in [4.78, 5) is 4.23. The number of halogens is 1. The molecule has 1 aromatic heterocycles. The van der Waals surface area contributed by atoms with Crippen molar-refractivity contribution in [2.24, 2.45) is 12.8 Å². The van der Waals surface area contributed by atoms with Crippen LogP contribution >= 0.6 is 15.9 Å². The van der Waals surface area contributed by atoms with Gasteiger partial charge in [0.1, 0.15) is 12.2 Å². The normalized spacial score (nSPS) is 12.6. The molecular formula is C12H15BrN4. The van der Waals surface area contributed by atoms with Crippen LogP contribution in [0.1, 0.15) is 17.3 Å². The topological polar surface area (TPSA) is 56.7 Å². The Balaban J connectivity index is 2.17. The summed E-state index contributed by atoms with van der Waals surface area (Å²) in [7, 11) is 1.90. The lowest BCUT2D eigenvalue weighted by atomic mass is 9.95. The first kappa shape index (κ1) is 12.3. The number of aromatic nitrogens is 3. The molecule has 0 radical (unpaired) electrons. The van der Waals surface area contributed by atoms with Crippen molar-refractivity contribution >= 4 is 15.9 Å². The number of rotatable bonds is 4. The summed E-state index contributed by atoms with van der Waals surface area (Å²) in [6, 6.07) is 8.26. The van der Waals surface area contributed by atoms with Crippen LogP contribution in [0.15, 0.2) is 35.1 Å². The first-order valence-electron chi connectivity index (χ1n) is 5.49. The third-order valence-electron chi connectivity index (χ3n) is 2.86. The summed E-state index contributed by atoms with van der Waals surface area (Å²) in [5, 5.41) is 4.07. The van der Waals surface area contributed by atoms with E-state index in [2.05, 4.69) is 38.1 Å². The fourth-order valence-corrected chi connectivity index (χ4v) is 2.06. The Morgan fingerprint density at radius 1 is 1.35 bits per heavy atom. The smallest absolute Gasteiger partial charge is 0.138 e.